The largest absolute Gasteiger partial charge is 0.453 e. The summed E-state index contributed by atoms with van der Waals surface area (Å²) in [5, 5.41) is 1.19. The van der Waals surface area contributed by atoms with E-state index in [2.05, 4.69) is 64.1 Å². The maximum atomic E-state index is 6.60. The number of hydrogen-bond donors (Lipinski definition) is 0. The maximum Gasteiger partial charge on any atom is 0.238 e. The third kappa shape index (κ3) is 4.42. The summed E-state index contributed by atoms with van der Waals surface area (Å²) in [6.45, 7) is 0. The van der Waals surface area contributed by atoms with E-state index in [-0.39, 0.29) is 0 Å². The summed E-state index contributed by atoms with van der Waals surface area (Å²) in [7, 11) is 0. The number of rotatable bonds is 4. The van der Waals surface area contributed by atoms with Crippen molar-refractivity contribution < 1.29 is 9.47 Å². The highest BCUT2D eigenvalue weighted by atomic mass is 16.5. The zero-order chi connectivity index (χ0) is 34.2. The molecule has 0 atom stereocenters. The summed E-state index contributed by atoms with van der Waals surface area (Å²) >= 11 is 0. The Balaban J connectivity index is 1.12. The van der Waals surface area contributed by atoms with E-state index in [1.54, 1.807) is 0 Å². The summed E-state index contributed by atoms with van der Waals surface area (Å²) in [5.41, 5.74) is 10.2. The molecule has 7 heteroatoms. The van der Waals surface area contributed by atoms with Crippen LogP contribution in [0.4, 0.5) is 17.1 Å². The Hall–Kier alpha value is -6.99. The molecule has 8 aromatic rings. The van der Waals surface area contributed by atoms with Crippen molar-refractivity contribution in [2.75, 3.05) is 4.90 Å². The molecule has 52 heavy (non-hydrogen) atoms. The normalized spacial score (nSPS) is 13.4. The fourth-order valence-corrected chi connectivity index (χ4v) is 7.72. The minimum atomic E-state index is 0.582. The van der Waals surface area contributed by atoms with Crippen molar-refractivity contribution in [3.05, 3.63) is 157 Å². The highest BCUT2D eigenvalue weighted by molar-refractivity contribution is 5.97. The topological polar surface area (TPSA) is 65.3 Å². The number of para-hydroxylation sites is 4. The zero-order valence-electron chi connectivity index (χ0n) is 27.9. The quantitative estimate of drug-likeness (QED) is 0.186. The lowest BCUT2D eigenvalue weighted by Crippen LogP contribution is -2.20. The van der Waals surface area contributed by atoms with E-state index in [4.69, 9.17) is 24.4 Å². The van der Waals surface area contributed by atoms with Gasteiger partial charge in [0.25, 0.3) is 0 Å². The number of ether oxygens (including phenoxy) is 2. The van der Waals surface area contributed by atoms with Crippen LogP contribution in [0.15, 0.2) is 146 Å². The van der Waals surface area contributed by atoms with Crippen LogP contribution >= 0.6 is 0 Å². The molecule has 1 aliphatic carbocycles. The lowest BCUT2D eigenvalue weighted by Gasteiger charge is -2.38. The van der Waals surface area contributed by atoms with Crippen LogP contribution in [0, 0.1) is 0 Å². The van der Waals surface area contributed by atoms with Crippen molar-refractivity contribution in [2.24, 2.45) is 0 Å². The van der Waals surface area contributed by atoms with Gasteiger partial charge in [-0.2, -0.15) is 9.97 Å². The van der Waals surface area contributed by atoms with Crippen LogP contribution in [0.25, 0.3) is 56.8 Å². The van der Waals surface area contributed by atoms with Crippen molar-refractivity contribution in [1.29, 1.82) is 0 Å². The molecule has 0 amide bonds. The first-order chi connectivity index (χ1) is 25.8. The van der Waals surface area contributed by atoms with Gasteiger partial charge in [-0.3, -0.25) is 9.47 Å². The molecular formula is C45H29N5O2. The van der Waals surface area contributed by atoms with E-state index in [1.165, 1.54) is 10.9 Å². The lowest BCUT2D eigenvalue weighted by atomic mass is 9.97. The number of allylic oxidation sites excluding steroid dienone is 1. The number of aromatic nitrogens is 4. The van der Waals surface area contributed by atoms with E-state index in [9.17, 15) is 0 Å². The molecule has 246 valence electrons. The third-order valence-corrected chi connectivity index (χ3v) is 10.1. The van der Waals surface area contributed by atoms with Crippen molar-refractivity contribution in [1.82, 2.24) is 19.5 Å². The van der Waals surface area contributed by atoms with Gasteiger partial charge in [-0.05, 0) is 78.1 Å². The molecule has 0 bridgehead atoms. The highest BCUT2D eigenvalue weighted by Gasteiger charge is 2.35. The SMILES string of the molecule is C1=Cc2c(c3ccc(-c4cc5c6c(c4)Oc4ccccc4N6c4ccccc4O5)cc3n2-c2nc(-c3ccccc3)nc(-c3ccccc3)n2)CC1. The molecule has 2 aliphatic heterocycles. The second-order valence-electron chi connectivity index (χ2n) is 13.2. The van der Waals surface area contributed by atoms with E-state index in [0.29, 0.717) is 17.6 Å². The van der Waals surface area contributed by atoms with Crippen molar-refractivity contribution >= 4 is 34.0 Å². The summed E-state index contributed by atoms with van der Waals surface area (Å²) in [6, 6.07) is 47.4. The van der Waals surface area contributed by atoms with Gasteiger partial charge in [0.2, 0.25) is 5.95 Å². The van der Waals surface area contributed by atoms with Crippen LogP contribution in [0.2, 0.25) is 0 Å². The summed E-state index contributed by atoms with van der Waals surface area (Å²) in [6.07, 6.45) is 6.37. The highest BCUT2D eigenvalue weighted by Crippen LogP contribution is 2.60. The second-order valence-corrected chi connectivity index (χ2v) is 13.2. The van der Waals surface area contributed by atoms with E-state index in [1.807, 2.05) is 97.1 Å². The van der Waals surface area contributed by atoms with Gasteiger partial charge in [0.15, 0.2) is 34.6 Å². The first kappa shape index (κ1) is 28.8. The molecule has 0 N–H and O–H groups in total. The van der Waals surface area contributed by atoms with Gasteiger partial charge in [0.05, 0.1) is 22.6 Å². The van der Waals surface area contributed by atoms with Crippen LogP contribution in [0.1, 0.15) is 17.7 Å². The summed E-state index contributed by atoms with van der Waals surface area (Å²) < 4.78 is 15.4. The molecule has 3 aliphatic rings. The molecule has 0 fully saturated rings. The summed E-state index contributed by atoms with van der Waals surface area (Å²) in [5.74, 6) is 4.94. The molecule has 11 rings (SSSR count). The second kappa shape index (κ2) is 11.3. The number of benzene rings is 6. The van der Waals surface area contributed by atoms with E-state index >= 15 is 0 Å². The lowest BCUT2D eigenvalue weighted by molar-refractivity contribution is 0.446. The Labute approximate surface area is 299 Å². The monoisotopic (exact) mass is 671 g/mol. The minimum absolute atomic E-state index is 0.582. The maximum absolute atomic E-state index is 6.60. The first-order valence-corrected chi connectivity index (χ1v) is 17.5. The smallest absolute Gasteiger partial charge is 0.238 e. The van der Waals surface area contributed by atoms with Gasteiger partial charge in [-0.15, -0.1) is 0 Å². The van der Waals surface area contributed by atoms with Crippen molar-refractivity contribution in [3.8, 4) is 62.8 Å². The molecule has 0 saturated carbocycles. The van der Waals surface area contributed by atoms with Crippen LogP contribution in [-0.2, 0) is 6.42 Å². The van der Waals surface area contributed by atoms with Gasteiger partial charge in [-0.1, -0.05) is 103 Å². The molecular weight excluding hydrogens is 643 g/mol. The minimum Gasteiger partial charge on any atom is -0.453 e. The van der Waals surface area contributed by atoms with Crippen molar-refractivity contribution in [3.63, 3.8) is 0 Å². The molecule has 0 radical (unpaired) electrons. The van der Waals surface area contributed by atoms with Gasteiger partial charge in [0.1, 0.15) is 5.69 Å². The number of fused-ring (bicyclic) bond motifs is 7. The van der Waals surface area contributed by atoms with Crippen LogP contribution in [0.3, 0.4) is 0 Å². The Kier molecular flexibility index (Phi) is 6.24. The zero-order valence-corrected chi connectivity index (χ0v) is 27.9. The standard InChI is InChI=1S/C45H29N5O2/c1-3-13-28(14-4-1)43-46-44(29-15-5-2-6-16-29)48-45(47-43)50-34-18-8-7-17-32(34)33-24-23-30(25-37(33)50)31-26-40-42-41(27-31)52-39-22-12-10-20-36(39)49(42)35-19-9-11-21-38(35)51-40/h1-6,8-16,18-27H,7,17H2. The van der Waals surface area contributed by atoms with Gasteiger partial charge in [0, 0.05) is 16.5 Å². The Morgan fingerprint density at radius 3 is 1.75 bits per heavy atom. The van der Waals surface area contributed by atoms with Crippen LogP contribution in [-0.4, -0.2) is 19.5 Å². The molecule has 0 spiro atoms. The molecule has 0 saturated heterocycles. The average molecular weight is 672 g/mol. The predicted octanol–water partition coefficient (Wildman–Crippen LogP) is 11.5. The number of nitrogens with zero attached hydrogens (tertiary/aromatic N) is 5. The first-order valence-electron chi connectivity index (χ1n) is 17.5. The predicted molar refractivity (Wildman–Crippen MR) is 205 cm³/mol. The molecule has 0 unspecified atom stereocenters. The Morgan fingerprint density at radius 1 is 0.519 bits per heavy atom. The number of hydrogen-bond acceptors (Lipinski definition) is 6. The van der Waals surface area contributed by atoms with Crippen molar-refractivity contribution in [2.45, 2.75) is 12.8 Å². The fraction of sp³-hybridized carbons (Fsp3) is 0.0444. The van der Waals surface area contributed by atoms with Crippen LogP contribution < -0.4 is 14.4 Å². The number of aryl methyl sites for hydroxylation is 1. The molecule has 7 nitrogen and oxygen atoms in total. The average Bonchev–Trinajstić information content (AvgIpc) is 3.55. The van der Waals surface area contributed by atoms with Crippen LogP contribution in [0.5, 0.6) is 23.0 Å². The third-order valence-electron chi connectivity index (χ3n) is 10.1. The summed E-state index contributed by atoms with van der Waals surface area (Å²) in [4.78, 5) is 17.5. The number of anilines is 3. The Bertz CT molecular complexity index is 2630. The van der Waals surface area contributed by atoms with E-state index < -0.39 is 0 Å². The molecule has 6 aromatic carbocycles. The Morgan fingerprint density at radius 2 is 1.12 bits per heavy atom. The van der Waals surface area contributed by atoms with Gasteiger partial charge in [-0.25, -0.2) is 4.98 Å². The van der Waals surface area contributed by atoms with Gasteiger partial charge >= 0.3 is 0 Å². The fourth-order valence-electron chi connectivity index (χ4n) is 7.72. The molecule has 4 heterocycles. The molecule has 2 aromatic heterocycles. The van der Waals surface area contributed by atoms with E-state index in [0.717, 1.165) is 86.4 Å². The van der Waals surface area contributed by atoms with Gasteiger partial charge < -0.3 is 9.47 Å².